The number of hydrogen-bond acceptors (Lipinski definition) is 3. The summed E-state index contributed by atoms with van der Waals surface area (Å²) in [5.74, 6) is -0.710. The SMILES string of the molecule is CN1CCCC(N2CCC(C(=O)O)CC2)C1. The topological polar surface area (TPSA) is 43.8 Å². The van der Waals surface area contributed by atoms with Gasteiger partial charge in [-0.2, -0.15) is 0 Å². The van der Waals surface area contributed by atoms with Crippen molar-refractivity contribution in [1.29, 1.82) is 0 Å². The number of carbonyl (C=O) groups is 1. The predicted molar refractivity (Wildman–Crippen MR) is 62.5 cm³/mol. The third-order valence-electron chi connectivity index (χ3n) is 3.99. The fourth-order valence-corrected chi connectivity index (χ4v) is 2.95. The molecule has 92 valence electrons. The molecule has 2 heterocycles. The molecule has 4 nitrogen and oxygen atoms in total. The first-order chi connectivity index (χ1) is 7.66. The minimum Gasteiger partial charge on any atom is -0.481 e. The van der Waals surface area contributed by atoms with Crippen molar-refractivity contribution in [2.24, 2.45) is 5.92 Å². The van der Waals surface area contributed by atoms with Gasteiger partial charge in [-0.25, -0.2) is 0 Å². The van der Waals surface area contributed by atoms with Gasteiger partial charge in [-0.1, -0.05) is 0 Å². The van der Waals surface area contributed by atoms with Crippen molar-refractivity contribution >= 4 is 5.97 Å². The second-order valence-corrected chi connectivity index (χ2v) is 5.21. The predicted octanol–water partition coefficient (Wildman–Crippen LogP) is 0.877. The molecule has 2 fully saturated rings. The van der Waals surface area contributed by atoms with Crippen LogP contribution in [-0.2, 0) is 4.79 Å². The Morgan fingerprint density at radius 3 is 2.44 bits per heavy atom. The van der Waals surface area contributed by atoms with Gasteiger partial charge in [0.25, 0.3) is 0 Å². The molecule has 2 aliphatic rings. The highest BCUT2D eigenvalue weighted by Crippen LogP contribution is 2.22. The van der Waals surface area contributed by atoms with Crippen molar-refractivity contribution in [1.82, 2.24) is 9.80 Å². The third-order valence-corrected chi connectivity index (χ3v) is 3.99. The third kappa shape index (κ3) is 2.74. The molecule has 0 aromatic carbocycles. The maximum absolute atomic E-state index is 10.9. The summed E-state index contributed by atoms with van der Waals surface area (Å²) in [6, 6.07) is 0.661. The average molecular weight is 226 g/mol. The zero-order valence-corrected chi connectivity index (χ0v) is 10.1. The number of likely N-dealkylation sites (N-methyl/N-ethyl adjacent to an activating group) is 1. The summed E-state index contributed by atoms with van der Waals surface area (Å²) in [7, 11) is 2.18. The van der Waals surface area contributed by atoms with Gasteiger partial charge in [-0.15, -0.1) is 0 Å². The van der Waals surface area contributed by atoms with Gasteiger partial charge in [0.2, 0.25) is 0 Å². The van der Waals surface area contributed by atoms with Crippen LogP contribution < -0.4 is 0 Å². The Morgan fingerprint density at radius 1 is 1.19 bits per heavy atom. The Kier molecular flexibility index (Phi) is 3.82. The lowest BCUT2D eigenvalue weighted by atomic mass is 9.94. The Morgan fingerprint density at radius 2 is 1.88 bits per heavy atom. The summed E-state index contributed by atoms with van der Waals surface area (Å²) < 4.78 is 0. The van der Waals surface area contributed by atoms with E-state index in [-0.39, 0.29) is 5.92 Å². The Hall–Kier alpha value is -0.610. The molecule has 0 amide bonds. The summed E-state index contributed by atoms with van der Waals surface area (Å²) in [5.41, 5.74) is 0. The lowest BCUT2D eigenvalue weighted by Gasteiger charge is -2.40. The number of carboxylic acids is 1. The van der Waals surface area contributed by atoms with E-state index in [4.69, 9.17) is 5.11 Å². The van der Waals surface area contributed by atoms with E-state index in [1.54, 1.807) is 0 Å². The molecule has 0 aliphatic carbocycles. The normalized spacial score (nSPS) is 30.4. The molecular weight excluding hydrogens is 204 g/mol. The first-order valence-corrected chi connectivity index (χ1v) is 6.32. The molecule has 0 saturated carbocycles. The van der Waals surface area contributed by atoms with Gasteiger partial charge in [-0.3, -0.25) is 9.69 Å². The van der Waals surface area contributed by atoms with E-state index in [0.717, 1.165) is 32.5 Å². The van der Waals surface area contributed by atoms with Crippen molar-refractivity contribution in [2.75, 3.05) is 33.2 Å². The highest BCUT2D eigenvalue weighted by atomic mass is 16.4. The van der Waals surface area contributed by atoms with E-state index in [1.807, 2.05) is 0 Å². The zero-order chi connectivity index (χ0) is 11.5. The van der Waals surface area contributed by atoms with Crippen LogP contribution in [0.15, 0.2) is 0 Å². The van der Waals surface area contributed by atoms with Crippen LogP contribution in [-0.4, -0.2) is 60.1 Å². The van der Waals surface area contributed by atoms with E-state index in [9.17, 15) is 4.79 Å². The summed E-state index contributed by atoms with van der Waals surface area (Å²) in [6.45, 7) is 4.30. The molecule has 1 N–H and O–H groups in total. The fourth-order valence-electron chi connectivity index (χ4n) is 2.95. The van der Waals surface area contributed by atoms with Gasteiger partial charge in [0.05, 0.1) is 5.92 Å². The molecule has 2 saturated heterocycles. The molecule has 0 spiro atoms. The van der Waals surface area contributed by atoms with Gasteiger partial charge in [0, 0.05) is 12.6 Å². The van der Waals surface area contributed by atoms with Crippen LogP contribution in [0.2, 0.25) is 0 Å². The van der Waals surface area contributed by atoms with Gasteiger partial charge in [0.15, 0.2) is 0 Å². The number of carboxylic acid groups (broad SMARTS) is 1. The number of piperidine rings is 2. The van der Waals surface area contributed by atoms with Crippen LogP contribution >= 0.6 is 0 Å². The van der Waals surface area contributed by atoms with Crippen molar-refractivity contribution in [3.05, 3.63) is 0 Å². The summed E-state index contributed by atoms with van der Waals surface area (Å²) in [6.07, 6.45) is 4.22. The highest BCUT2D eigenvalue weighted by Gasteiger charge is 2.29. The molecule has 1 unspecified atom stereocenters. The summed E-state index contributed by atoms with van der Waals surface area (Å²) >= 11 is 0. The van der Waals surface area contributed by atoms with Crippen LogP contribution in [0, 0.1) is 5.92 Å². The van der Waals surface area contributed by atoms with Crippen LogP contribution in [0.3, 0.4) is 0 Å². The first-order valence-electron chi connectivity index (χ1n) is 6.32. The van der Waals surface area contributed by atoms with Crippen molar-refractivity contribution in [3.8, 4) is 0 Å². The molecule has 2 rings (SSSR count). The highest BCUT2D eigenvalue weighted by molar-refractivity contribution is 5.70. The maximum atomic E-state index is 10.9. The summed E-state index contributed by atoms with van der Waals surface area (Å²) in [5, 5.41) is 8.95. The second-order valence-electron chi connectivity index (χ2n) is 5.21. The molecule has 0 aromatic rings. The monoisotopic (exact) mass is 226 g/mol. The number of hydrogen-bond donors (Lipinski definition) is 1. The van der Waals surface area contributed by atoms with E-state index in [0.29, 0.717) is 6.04 Å². The van der Waals surface area contributed by atoms with E-state index in [2.05, 4.69) is 16.8 Å². The largest absolute Gasteiger partial charge is 0.481 e. The maximum Gasteiger partial charge on any atom is 0.306 e. The molecule has 0 radical (unpaired) electrons. The first kappa shape index (κ1) is 11.9. The number of aliphatic carboxylic acids is 1. The molecule has 16 heavy (non-hydrogen) atoms. The molecular formula is C12H22N2O2. The minimum absolute atomic E-state index is 0.0995. The second kappa shape index (κ2) is 5.15. The Labute approximate surface area is 97.2 Å². The number of likely N-dealkylation sites (tertiary alicyclic amines) is 2. The van der Waals surface area contributed by atoms with Gasteiger partial charge >= 0.3 is 5.97 Å². The van der Waals surface area contributed by atoms with Gasteiger partial charge in [-0.05, 0) is 52.4 Å². The van der Waals surface area contributed by atoms with Crippen molar-refractivity contribution in [2.45, 2.75) is 31.7 Å². The number of rotatable bonds is 2. The zero-order valence-electron chi connectivity index (χ0n) is 10.1. The van der Waals surface area contributed by atoms with Crippen molar-refractivity contribution in [3.63, 3.8) is 0 Å². The van der Waals surface area contributed by atoms with Crippen LogP contribution in [0.4, 0.5) is 0 Å². The van der Waals surface area contributed by atoms with E-state index < -0.39 is 5.97 Å². The average Bonchev–Trinajstić information content (AvgIpc) is 2.29. The van der Waals surface area contributed by atoms with Crippen molar-refractivity contribution < 1.29 is 9.90 Å². The fraction of sp³-hybridized carbons (Fsp3) is 0.917. The smallest absolute Gasteiger partial charge is 0.306 e. The quantitative estimate of drug-likeness (QED) is 0.759. The lowest BCUT2D eigenvalue weighted by molar-refractivity contribution is -0.143. The number of nitrogens with zero attached hydrogens (tertiary/aromatic N) is 2. The molecule has 1 atom stereocenters. The van der Waals surface area contributed by atoms with Crippen LogP contribution in [0.1, 0.15) is 25.7 Å². The van der Waals surface area contributed by atoms with E-state index in [1.165, 1.54) is 19.4 Å². The Balaban J connectivity index is 1.81. The van der Waals surface area contributed by atoms with E-state index >= 15 is 0 Å². The van der Waals surface area contributed by atoms with Gasteiger partial charge < -0.3 is 10.0 Å². The standard InChI is InChI=1S/C12H22N2O2/c1-13-6-2-3-11(9-13)14-7-4-10(5-8-14)12(15)16/h10-11H,2-9H2,1H3,(H,15,16). The Bertz CT molecular complexity index is 249. The molecule has 4 heteroatoms. The minimum atomic E-state index is -0.611. The molecule has 0 aromatic heterocycles. The van der Waals surface area contributed by atoms with Gasteiger partial charge in [0.1, 0.15) is 0 Å². The van der Waals surface area contributed by atoms with Crippen LogP contribution in [0.5, 0.6) is 0 Å². The molecule has 0 bridgehead atoms. The summed E-state index contributed by atoms with van der Waals surface area (Å²) in [4.78, 5) is 15.7. The lowest BCUT2D eigenvalue weighted by Crippen LogP contribution is -2.49. The molecule has 2 aliphatic heterocycles. The van der Waals surface area contributed by atoms with Crippen LogP contribution in [0.25, 0.3) is 0 Å².